The predicted octanol–water partition coefficient (Wildman–Crippen LogP) is 2.46. The highest BCUT2D eigenvalue weighted by molar-refractivity contribution is 6.07. The molecule has 1 amide bonds. The van der Waals surface area contributed by atoms with Crippen LogP contribution in [0.2, 0.25) is 0 Å². The summed E-state index contributed by atoms with van der Waals surface area (Å²) in [6.07, 6.45) is -0.0732. The number of benzene rings is 1. The minimum atomic E-state index is -0.553. The van der Waals surface area contributed by atoms with Gasteiger partial charge < -0.3 is 14.4 Å². The summed E-state index contributed by atoms with van der Waals surface area (Å²) in [5.74, 6) is -0.422. The highest BCUT2D eigenvalue weighted by atomic mass is 16.7. The Bertz CT molecular complexity index is 550. The first-order chi connectivity index (χ1) is 9.31. The van der Waals surface area contributed by atoms with Gasteiger partial charge in [-0.1, -0.05) is 18.2 Å². The lowest BCUT2D eigenvalue weighted by Crippen LogP contribution is -2.41. The number of amides is 1. The van der Waals surface area contributed by atoms with Gasteiger partial charge in [-0.2, -0.15) is 0 Å². The molecule has 0 aromatic heterocycles. The zero-order valence-corrected chi connectivity index (χ0v) is 12.5. The quantitative estimate of drug-likeness (QED) is 0.832. The summed E-state index contributed by atoms with van der Waals surface area (Å²) in [4.78, 5) is 14.5. The van der Waals surface area contributed by atoms with Crippen molar-refractivity contribution >= 4 is 11.6 Å². The average molecular weight is 275 g/mol. The molecule has 1 unspecified atom stereocenters. The van der Waals surface area contributed by atoms with E-state index in [0.717, 1.165) is 11.3 Å². The van der Waals surface area contributed by atoms with Crippen molar-refractivity contribution in [3.63, 3.8) is 0 Å². The predicted molar refractivity (Wildman–Crippen MR) is 76.7 cm³/mol. The average Bonchev–Trinajstić information content (AvgIpc) is 2.82. The summed E-state index contributed by atoms with van der Waals surface area (Å²) in [6.45, 7) is 8.82. The number of carbonyl (C=O) groups is 1. The molecule has 2 aliphatic rings. The van der Waals surface area contributed by atoms with E-state index < -0.39 is 11.2 Å². The minimum absolute atomic E-state index is 0.0732. The number of fused-ring (bicyclic) bond motifs is 1. The third-order valence-electron chi connectivity index (χ3n) is 4.10. The second-order valence-electron chi connectivity index (χ2n) is 6.51. The lowest BCUT2D eigenvalue weighted by molar-refractivity contribution is -0.138. The van der Waals surface area contributed by atoms with Crippen LogP contribution in [0.1, 0.15) is 33.3 Å². The van der Waals surface area contributed by atoms with Crippen molar-refractivity contribution in [2.45, 2.75) is 45.0 Å². The lowest BCUT2D eigenvalue weighted by Gasteiger charge is -2.24. The van der Waals surface area contributed by atoms with Crippen molar-refractivity contribution in [1.82, 2.24) is 0 Å². The molecule has 2 heterocycles. The first-order valence-corrected chi connectivity index (χ1v) is 7.04. The van der Waals surface area contributed by atoms with Gasteiger partial charge in [0.1, 0.15) is 6.10 Å². The SMILES string of the molecule is CC1(C)OCC(CN2C(=O)C(C)(C)c3ccccc32)O1. The lowest BCUT2D eigenvalue weighted by atomic mass is 9.86. The Morgan fingerprint density at radius 3 is 2.60 bits per heavy atom. The molecule has 3 rings (SSSR count). The zero-order chi connectivity index (χ0) is 14.5. The van der Waals surface area contributed by atoms with Crippen LogP contribution in [-0.4, -0.2) is 30.9 Å². The molecule has 0 aliphatic carbocycles. The monoisotopic (exact) mass is 275 g/mol. The number of carbonyl (C=O) groups excluding carboxylic acids is 1. The highest BCUT2D eigenvalue weighted by Gasteiger charge is 2.45. The van der Waals surface area contributed by atoms with E-state index in [9.17, 15) is 4.79 Å². The van der Waals surface area contributed by atoms with E-state index in [1.165, 1.54) is 0 Å². The van der Waals surface area contributed by atoms with Crippen LogP contribution < -0.4 is 4.90 Å². The molecule has 4 nitrogen and oxygen atoms in total. The van der Waals surface area contributed by atoms with Crippen LogP contribution in [0.3, 0.4) is 0 Å². The van der Waals surface area contributed by atoms with Crippen LogP contribution in [0.15, 0.2) is 24.3 Å². The topological polar surface area (TPSA) is 38.8 Å². The van der Waals surface area contributed by atoms with Crippen LogP contribution in [-0.2, 0) is 19.7 Å². The summed E-state index contributed by atoms with van der Waals surface area (Å²) in [5.41, 5.74) is 1.62. The summed E-state index contributed by atoms with van der Waals surface area (Å²) < 4.78 is 11.4. The van der Waals surface area contributed by atoms with Crippen LogP contribution in [0.25, 0.3) is 0 Å². The van der Waals surface area contributed by atoms with Gasteiger partial charge in [-0.05, 0) is 39.3 Å². The van der Waals surface area contributed by atoms with Crippen molar-refractivity contribution in [2.24, 2.45) is 0 Å². The number of hydrogen-bond acceptors (Lipinski definition) is 3. The molecule has 0 radical (unpaired) electrons. The molecule has 1 saturated heterocycles. The molecule has 20 heavy (non-hydrogen) atoms. The van der Waals surface area contributed by atoms with E-state index in [4.69, 9.17) is 9.47 Å². The summed E-state index contributed by atoms with van der Waals surface area (Å²) in [5, 5.41) is 0. The second-order valence-corrected chi connectivity index (χ2v) is 6.51. The second kappa shape index (κ2) is 4.30. The fraction of sp³-hybridized carbons (Fsp3) is 0.562. The Morgan fingerprint density at radius 2 is 1.95 bits per heavy atom. The maximum absolute atomic E-state index is 12.7. The minimum Gasteiger partial charge on any atom is -0.348 e. The molecule has 108 valence electrons. The fourth-order valence-electron chi connectivity index (χ4n) is 3.04. The van der Waals surface area contributed by atoms with Gasteiger partial charge in [0.2, 0.25) is 5.91 Å². The normalized spacial score (nSPS) is 26.9. The molecule has 0 bridgehead atoms. The van der Waals surface area contributed by atoms with Crippen molar-refractivity contribution in [1.29, 1.82) is 0 Å². The molecule has 4 heteroatoms. The standard InChI is InChI=1S/C16H21NO3/c1-15(2)12-7-5-6-8-13(12)17(14(15)18)9-11-10-19-16(3,4)20-11/h5-8,11H,9-10H2,1-4H3. The van der Waals surface area contributed by atoms with Gasteiger partial charge in [-0.3, -0.25) is 4.79 Å². The molecule has 0 saturated carbocycles. The van der Waals surface area contributed by atoms with Crippen molar-refractivity contribution < 1.29 is 14.3 Å². The first-order valence-electron chi connectivity index (χ1n) is 7.04. The Kier molecular flexibility index (Phi) is 2.92. The Labute approximate surface area is 119 Å². The summed E-state index contributed by atoms with van der Waals surface area (Å²) in [6, 6.07) is 7.98. The van der Waals surface area contributed by atoms with Crippen LogP contribution in [0.4, 0.5) is 5.69 Å². The number of nitrogens with zero attached hydrogens (tertiary/aromatic N) is 1. The molecule has 0 spiro atoms. The first kappa shape index (κ1) is 13.6. The van der Waals surface area contributed by atoms with E-state index >= 15 is 0 Å². The van der Waals surface area contributed by atoms with Gasteiger partial charge in [-0.25, -0.2) is 0 Å². The molecule has 1 atom stereocenters. The number of rotatable bonds is 2. The molecule has 0 N–H and O–H groups in total. The molecule has 1 aromatic carbocycles. The molecule has 2 aliphatic heterocycles. The summed E-state index contributed by atoms with van der Waals surface area (Å²) in [7, 11) is 0. The molecular weight excluding hydrogens is 254 g/mol. The molecule has 1 fully saturated rings. The molecular formula is C16H21NO3. The van der Waals surface area contributed by atoms with Gasteiger partial charge in [0, 0.05) is 5.69 Å². The summed E-state index contributed by atoms with van der Waals surface area (Å²) >= 11 is 0. The third kappa shape index (κ3) is 2.03. The van der Waals surface area contributed by atoms with E-state index in [1.807, 2.05) is 56.9 Å². The smallest absolute Gasteiger partial charge is 0.237 e. The Hall–Kier alpha value is -1.39. The van der Waals surface area contributed by atoms with E-state index in [0.29, 0.717) is 13.2 Å². The zero-order valence-electron chi connectivity index (χ0n) is 12.5. The van der Waals surface area contributed by atoms with Gasteiger partial charge >= 0.3 is 0 Å². The Balaban J connectivity index is 1.86. The van der Waals surface area contributed by atoms with Crippen molar-refractivity contribution in [2.75, 3.05) is 18.1 Å². The number of anilines is 1. The number of ether oxygens (including phenoxy) is 2. The number of hydrogen-bond donors (Lipinski definition) is 0. The Morgan fingerprint density at radius 1 is 1.25 bits per heavy atom. The van der Waals surface area contributed by atoms with E-state index in [-0.39, 0.29) is 12.0 Å². The van der Waals surface area contributed by atoms with Gasteiger partial charge in [-0.15, -0.1) is 0 Å². The van der Waals surface area contributed by atoms with Gasteiger partial charge in [0.05, 0.1) is 18.6 Å². The van der Waals surface area contributed by atoms with Crippen LogP contribution >= 0.6 is 0 Å². The largest absolute Gasteiger partial charge is 0.348 e. The maximum atomic E-state index is 12.7. The maximum Gasteiger partial charge on any atom is 0.237 e. The third-order valence-corrected chi connectivity index (χ3v) is 4.10. The van der Waals surface area contributed by atoms with Gasteiger partial charge in [0.25, 0.3) is 0 Å². The fourth-order valence-corrected chi connectivity index (χ4v) is 3.04. The molecule has 1 aromatic rings. The van der Waals surface area contributed by atoms with Crippen molar-refractivity contribution in [3.8, 4) is 0 Å². The van der Waals surface area contributed by atoms with Crippen LogP contribution in [0.5, 0.6) is 0 Å². The van der Waals surface area contributed by atoms with Gasteiger partial charge in [0.15, 0.2) is 5.79 Å². The van der Waals surface area contributed by atoms with Crippen molar-refractivity contribution in [3.05, 3.63) is 29.8 Å². The number of para-hydroxylation sites is 1. The highest BCUT2D eigenvalue weighted by Crippen LogP contribution is 2.41. The van der Waals surface area contributed by atoms with Crippen LogP contribution in [0, 0.1) is 0 Å². The van der Waals surface area contributed by atoms with E-state index in [2.05, 4.69) is 0 Å². The van der Waals surface area contributed by atoms with E-state index in [1.54, 1.807) is 0 Å².